The van der Waals surface area contributed by atoms with Crippen LogP contribution in [-0.4, -0.2) is 55.0 Å². The number of rotatable bonds is 3. The van der Waals surface area contributed by atoms with Crippen molar-refractivity contribution in [1.29, 1.82) is 0 Å². The maximum Gasteiger partial charge on any atom is 0.308 e. The molecule has 90 valence electrons. The second-order valence-corrected chi connectivity index (χ2v) is 4.12. The van der Waals surface area contributed by atoms with Gasteiger partial charge < -0.3 is 19.3 Å². The van der Waals surface area contributed by atoms with Crippen molar-refractivity contribution in [3.8, 4) is 0 Å². The predicted molar refractivity (Wildman–Crippen MR) is 50.7 cm³/mol. The summed E-state index contributed by atoms with van der Waals surface area (Å²) in [6, 6.07) is 0. The highest BCUT2D eigenvalue weighted by Gasteiger charge is 2.65. The fourth-order valence-electron chi connectivity index (χ4n) is 2.20. The van der Waals surface area contributed by atoms with Crippen LogP contribution in [0.3, 0.4) is 0 Å². The zero-order valence-electron chi connectivity index (χ0n) is 9.13. The summed E-state index contributed by atoms with van der Waals surface area (Å²) >= 11 is 0. The molecule has 0 spiro atoms. The van der Waals surface area contributed by atoms with E-state index < -0.39 is 29.9 Å². The third-order valence-corrected chi connectivity index (χ3v) is 3.19. The smallest absolute Gasteiger partial charge is 0.308 e. The van der Waals surface area contributed by atoms with Gasteiger partial charge in [0, 0.05) is 13.5 Å². The van der Waals surface area contributed by atoms with Crippen LogP contribution in [0.1, 0.15) is 12.8 Å². The number of carbonyl (C=O) groups is 2. The molecule has 1 saturated heterocycles. The first-order valence-electron chi connectivity index (χ1n) is 5.03. The summed E-state index contributed by atoms with van der Waals surface area (Å²) in [5.74, 6) is -0.639. The minimum Gasteiger partial charge on any atom is -0.469 e. The van der Waals surface area contributed by atoms with Gasteiger partial charge in [-0.2, -0.15) is 0 Å². The molecule has 1 aliphatic heterocycles. The Kier molecular flexibility index (Phi) is 2.73. The number of ketones is 1. The maximum absolute atomic E-state index is 11.4. The molecule has 1 N–H and O–H groups in total. The van der Waals surface area contributed by atoms with Gasteiger partial charge in [-0.25, -0.2) is 0 Å². The summed E-state index contributed by atoms with van der Waals surface area (Å²) in [5, 5.41) is 10.4. The topological polar surface area (TPSA) is 85.4 Å². The molecule has 2 aliphatic rings. The summed E-state index contributed by atoms with van der Waals surface area (Å²) in [6.07, 6.45) is -2.11. The zero-order chi connectivity index (χ0) is 11.9. The lowest BCUT2D eigenvalue weighted by molar-refractivity contribution is -0.162. The van der Waals surface area contributed by atoms with Gasteiger partial charge in [0.05, 0.1) is 19.6 Å². The molecule has 0 aromatic heterocycles. The summed E-state index contributed by atoms with van der Waals surface area (Å²) in [5.41, 5.74) is -1.46. The maximum atomic E-state index is 11.4. The first-order chi connectivity index (χ1) is 7.52. The van der Waals surface area contributed by atoms with Crippen LogP contribution in [0.4, 0.5) is 0 Å². The molecule has 1 saturated carbocycles. The van der Waals surface area contributed by atoms with Gasteiger partial charge >= 0.3 is 5.97 Å². The molecule has 0 aromatic carbocycles. The Morgan fingerprint density at radius 1 is 1.62 bits per heavy atom. The molecule has 6 heteroatoms. The average Bonchev–Trinajstić information content (AvgIpc) is 3.04. The third kappa shape index (κ3) is 1.63. The van der Waals surface area contributed by atoms with Crippen molar-refractivity contribution in [3.63, 3.8) is 0 Å². The quantitative estimate of drug-likeness (QED) is 0.496. The van der Waals surface area contributed by atoms with E-state index in [4.69, 9.17) is 9.47 Å². The van der Waals surface area contributed by atoms with Crippen molar-refractivity contribution in [3.05, 3.63) is 0 Å². The van der Waals surface area contributed by atoms with E-state index in [-0.39, 0.29) is 18.6 Å². The van der Waals surface area contributed by atoms with Crippen molar-refractivity contribution in [2.45, 2.75) is 36.8 Å². The number of fused-ring (bicyclic) bond motifs is 1. The number of hydrogen-bond acceptors (Lipinski definition) is 6. The van der Waals surface area contributed by atoms with Crippen molar-refractivity contribution in [2.75, 3.05) is 14.2 Å². The molecule has 0 radical (unpaired) electrons. The van der Waals surface area contributed by atoms with Crippen molar-refractivity contribution in [1.82, 2.24) is 0 Å². The molecule has 2 rings (SSSR count). The molecule has 16 heavy (non-hydrogen) atoms. The van der Waals surface area contributed by atoms with E-state index in [1.54, 1.807) is 0 Å². The number of Topliss-reactive ketones (excluding diaryl/α,β-unsaturated/α-hetero) is 1. The molecule has 0 amide bonds. The number of epoxide rings is 1. The number of methoxy groups -OCH3 is 2. The minimum absolute atomic E-state index is 0.0607. The van der Waals surface area contributed by atoms with E-state index in [1.807, 2.05) is 0 Å². The second-order valence-electron chi connectivity index (χ2n) is 4.12. The summed E-state index contributed by atoms with van der Waals surface area (Å²) in [7, 11) is 2.63. The highest BCUT2D eigenvalue weighted by atomic mass is 16.6. The molecule has 2 fully saturated rings. The number of hydrogen-bond donors (Lipinski definition) is 1. The van der Waals surface area contributed by atoms with E-state index in [0.29, 0.717) is 0 Å². The minimum atomic E-state index is -1.46. The summed E-state index contributed by atoms with van der Waals surface area (Å²) in [4.78, 5) is 22.6. The Bertz CT molecular complexity index is 327. The molecular weight excluding hydrogens is 216 g/mol. The summed E-state index contributed by atoms with van der Waals surface area (Å²) < 4.78 is 14.7. The SMILES string of the molecule is COC(=O)CC1(O)C(OC)CC(=O)C2OC21. The third-order valence-electron chi connectivity index (χ3n) is 3.19. The number of esters is 1. The normalized spacial score (nSPS) is 41.4. The molecular formula is C10H14O6. The Morgan fingerprint density at radius 2 is 2.31 bits per heavy atom. The van der Waals surface area contributed by atoms with Gasteiger partial charge in [0.25, 0.3) is 0 Å². The number of ether oxygens (including phenoxy) is 3. The van der Waals surface area contributed by atoms with Gasteiger partial charge in [0.1, 0.15) is 17.8 Å². The van der Waals surface area contributed by atoms with E-state index in [2.05, 4.69) is 4.74 Å². The zero-order valence-corrected chi connectivity index (χ0v) is 9.13. The van der Waals surface area contributed by atoms with Crippen LogP contribution in [0.5, 0.6) is 0 Å². The molecule has 4 unspecified atom stereocenters. The Balaban J connectivity index is 2.16. The van der Waals surface area contributed by atoms with Crippen LogP contribution >= 0.6 is 0 Å². The van der Waals surface area contributed by atoms with Gasteiger partial charge in [0.15, 0.2) is 5.78 Å². The van der Waals surface area contributed by atoms with Crippen LogP contribution in [0, 0.1) is 0 Å². The first kappa shape index (κ1) is 11.5. The van der Waals surface area contributed by atoms with Crippen molar-refractivity contribution >= 4 is 11.8 Å². The lowest BCUT2D eigenvalue weighted by Crippen LogP contribution is -2.55. The summed E-state index contributed by atoms with van der Waals surface area (Å²) in [6.45, 7) is 0. The van der Waals surface area contributed by atoms with E-state index in [9.17, 15) is 14.7 Å². The van der Waals surface area contributed by atoms with Gasteiger partial charge in [-0.1, -0.05) is 0 Å². The fraction of sp³-hybridized carbons (Fsp3) is 0.800. The molecule has 1 heterocycles. The van der Waals surface area contributed by atoms with Crippen LogP contribution in [0.2, 0.25) is 0 Å². The lowest BCUT2D eigenvalue weighted by Gasteiger charge is -2.35. The highest BCUT2D eigenvalue weighted by molar-refractivity contribution is 5.89. The van der Waals surface area contributed by atoms with E-state index >= 15 is 0 Å². The largest absolute Gasteiger partial charge is 0.469 e. The number of aliphatic hydroxyl groups is 1. The van der Waals surface area contributed by atoms with Crippen molar-refractivity contribution in [2.24, 2.45) is 0 Å². The monoisotopic (exact) mass is 230 g/mol. The standard InChI is InChI=1S/C10H14O6/c1-14-6-3-5(11)8-9(16-8)10(6,13)4-7(12)15-2/h6,8-9,13H,3-4H2,1-2H3. The lowest BCUT2D eigenvalue weighted by atomic mass is 9.79. The van der Waals surface area contributed by atoms with E-state index in [1.165, 1.54) is 14.2 Å². The molecule has 0 aromatic rings. The fourth-order valence-corrected chi connectivity index (χ4v) is 2.20. The van der Waals surface area contributed by atoms with Crippen LogP contribution in [0.25, 0.3) is 0 Å². The predicted octanol–water partition coefficient (Wildman–Crippen LogP) is -0.964. The van der Waals surface area contributed by atoms with Crippen molar-refractivity contribution < 1.29 is 28.9 Å². The number of carbonyl (C=O) groups excluding carboxylic acids is 2. The van der Waals surface area contributed by atoms with Crippen LogP contribution < -0.4 is 0 Å². The Hall–Kier alpha value is -0.980. The molecule has 4 atom stereocenters. The second kappa shape index (κ2) is 3.80. The van der Waals surface area contributed by atoms with Gasteiger partial charge in [-0.05, 0) is 0 Å². The molecule has 6 nitrogen and oxygen atoms in total. The molecule has 1 aliphatic carbocycles. The van der Waals surface area contributed by atoms with Crippen LogP contribution in [0.15, 0.2) is 0 Å². The Morgan fingerprint density at radius 3 is 2.88 bits per heavy atom. The van der Waals surface area contributed by atoms with Gasteiger partial charge in [-0.3, -0.25) is 9.59 Å². The average molecular weight is 230 g/mol. The highest BCUT2D eigenvalue weighted by Crippen LogP contribution is 2.44. The Labute approximate surface area is 92.5 Å². The van der Waals surface area contributed by atoms with Gasteiger partial charge in [0.2, 0.25) is 0 Å². The van der Waals surface area contributed by atoms with E-state index in [0.717, 1.165) is 0 Å². The van der Waals surface area contributed by atoms with Gasteiger partial charge in [-0.15, -0.1) is 0 Å². The first-order valence-corrected chi connectivity index (χ1v) is 5.03. The molecule has 0 bridgehead atoms. The van der Waals surface area contributed by atoms with Crippen LogP contribution in [-0.2, 0) is 23.8 Å².